The highest BCUT2D eigenvalue weighted by molar-refractivity contribution is 5.71. The number of carbonyl (C=O) groups excluding carboxylic acids is 3. The van der Waals surface area contributed by atoms with Crippen LogP contribution in [0.3, 0.4) is 0 Å². The van der Waals surface area contributed by atoms with Crippen LogP contribution in [-0.2, 0) is 28.6 Å². The van der Waals surface area contributed by atoms with Gasteiger partial charge in [-0.2, -0.15) is 0 Å². The molecule has 0 saturated heterocycles. The predicted octanol–water partition coefficient (Wildman–Crippen LogP) is 24.1. The molecule has 0 amide bonds. The number of unbranched alkanes of at least 4 members (excludes halogenated alkanes) is 29. The van der Waals surface area contributed by atoms with Crippen LogP contribution in [0, 0.1) is 0 Å². The van der Waals surface area contributed by atoms with Crippen LogP contribution < -0.4 is 0 Å². The van der Waals surface area contributed by atoms with Crippen molar-refractivity contribution in [1.82, 2.24) is 0 Å². The minimum absolute atomic E-state index is 0.0858. The first-order valence-corrected chi connectivity index (χ1v) is 34.7. The fourth-order valence-electron chi connectivity index (χ4n) is 9.53. The molecule has 0 aliphatic carbocycles. The predicted molar refractivity (Wildman–Crippen MR) is 362 cm³/mol. The fourth-order valence-corrected chi connectivity index (χ4v) is 9.53. The van der Waals surface area contributed by atoms with Crippen molar-refractivity contribution in [3.8, 4) is 0 Å². The van der Waals surface area contributed by atoms with Crippen LogP contribution in [0.2, 0.25) is 0 Å². The number of rotatable bonds is 62. The largest absolute Gasteiger partial charge is 0.462 e. The van der Waals surface area contributed by atoms with Gasteiger partial charge in [0.1, 0.15) is 13.2 Å². The molecule has 0 saturated carbocycles. The first-order chi connectivity index (χ1) is 41.0. The van der Waals surface area contributed by atoms with Crippen molar-refractivity contribution in [2.24, 2.45) is 0 Å². The van der Waals surface area contributed by atoms with Gasteiger partial charge in [0.25, 0.3) is 0 Å². The molecule has 1 atom stereocenters. The van der Waals surface area contributed by atoms with Crippen molar-refractivity contribution in [3.05, 3.63) is 134 Å². The van der Waals surface area contributed by atoms with E-state index in [4.69, 9.17) is 14.2 Å². The summed E-state index contributed by atoms with van der Waals surface area (Å²) >= 11 is 0. The zero-order valence-electron chi connectivity index (χ0n) is 54.2. The third kappa shape index (κ3) is 68.2. The molecule has 0 N–H and O–H groups in total. The summed E-state index contributed by atoms with van der Waals surface area (Å²) in [5.41, 5.74) is 0. The van der Waals surface area contributed by atoms with Crippen molar-refractivity contribution in [1.29, 1.82) is 0 Å². The lowest BCUT2D eigenvalue weighted by Crippen LogP contribution is -2.30. The maximum atomic E-state index is 12.9. The third-order valence-electron chi connectivity index (χ3n) is 14.7. The Balaban J connectivity index is 4.22. The second-order valence-corrected chi connectivity index (χ2v) is 22.7. The highest BCUT2D eigenvalue weighted by Gasteiger charge is 2.19. The summed E-state index contributed by atoms with van der Waals surface area (Å²) in [4.78, 5) is 38.3. The van der Waals surface area contributed by atoms with Gasteiger partial charge >= 0.3 is 17.9 Å². The summed E-state index contributed by atoms with van der Waals surface area (Å²) in [7, 11) is 0. The molecule has 472 valence electrons. The molecule has 1 unspecified atom stereocenters. The number of hydrogen-bond donors (Lipinski definition) is 0. The van der Waals surface area contributed by atoms with Crippen LogP contribution in [0.4, 0.5) is 0 Å². The van der Waals surface area contributed by atoms with Gasteiger partial charge in [-0.3, -0.25) is 14.4 Å². The Morgan fingerprint density at radius 2 is 0.470 bits per heavy atom. The lowest BCUT2D eigenvalue weighted by Gasteiger charge is -2.18. The Morgan fingerprint density at radius 1 is 0.253 bits per heavy atom. The molecule has 6 nitrogen and oxygen atoms in total. The summed E-state index contributed by atoms with van der Waals surface area (Å²) in [6.07, 6.45) is 99.1. The van der Waals surface area contributed by atoms with Crippen molar-refractivity contribution in [2.45, 2.75) is 322 Å². The zero-order valence-corrected chi connectivity index (χ0v) is 54.2. The lowest BCUT2D eigenvalue weighted by molar-refractivity contribution is -0.167. The van der Waals surface area contributed by atoms with E-state index in [1.165, 1.54) is 128 Å². The van der Waals surface area contributed by atoms with E-state index in [9.17, 15) is 14.4 Å². The Morgan fingerprint density at radius 3 is 0.735 bits per heavy atom. The van der Waals surface area contributed by atoms with Crippen LogP contribution in [-0.4, -0.2) is 37.2 Å². The number of allylic oxidation sites excluding steroid dienone is 22. The van der Waals surface area contributed by atoms with Gasteiger partial charge in [0.05, 0.1) is 0 Å². The van der Waals surface area contributed by atoms with Crippen molar-refractivity contribution >= 4 is 17.9 Å². The minimum Gasteiger partial charge on any atom is -0.462 e. The summed E-state index contributed by atoms with van der Waals surface area (Å²) in [6, 6.07) is 0. The molecule has 0 spiro atoms. The molecule has 0 rings (SSSR count). The average molecular weight is 1150 g/mol. The highest BCUT2D eigenvalue weighted by atomic mass is 16.6. The Bertz CT molecular complexity index is 1750. The maximum absolute atomic E-state index is 12.9. The van der Waals surface area contributed by atoms with Crippen LogP contribution in [0.25, 0.3) is 0 Å². The van der Waals surface area contributed by atoms with E-state index in [0.29, 0.717) is 19.3 Å². The molecule has 0 aliphatic heterocycles. The van der Waals surface area contributed by atoms with Crippen LogP contribution in [0.15, 0.2) is 134 Å². The second-order valence-electron chi connectivity index (χ2n) is 22.7. The summed E-state index contributed by atoms with van der Waals surface area (Å²) in [5, 5.41) is 0. The summed E-state index contributed by atoms with van der Waals surface area (Å²) in [6.45, 7) is 6.40. The van der Waals surface area contributed by atoms with Gasteiger partial charge in [-0.15, -0.1) is 0 Å². The van der Waals surface area contributed by atoms with Gasteiger partial charge in [-0.25, -0.2) is 0 Å². The van der Waals surface area contributed by atoms with Crippen LogP contribution in [0.1, 0.15) is 316 Å². The smallest absolute Gasteiger partial charge is 0.306 e. The quantitative estimate of drug-likeness (QED) is 0.0261. The van der Waals surface area contributed by atoms with E-state index >= 15 is 0 Å². The zero-order chi connectivity index (χ0) is 59.9. The Hall–Kier alpha value is -4.45. The number of carbonyl (C=O) groups is 3. The summed E-state index contributed by atoms with van der Waals surface area (Å²) in [5.74, 6) is -0.900. The molecule has 0 radical (unpaired) electrons. The van der Waals surface area contributed by atoms with Crippen molar-refractivity contribution in [3.63, 3.8) is 0 Å². The van der Waals surface area contributed by atoms with E-state index in [-0.39, 0.29) is 31.1 Å². The molecule has 0 bridgehead atoms. The highest BCUT2D eigenvalue weighted by Crippen LogP contribution is 2.17. The van der Waals surface area contributed by atoms with E-state index in [0.717, 1.165) is 148 Å². The van der Waals surface area contributed by atoms with Gasteiger partial charge in [-0.05, 0) is 116 Å². The molecule has 0 aromatic rings. The van der Waals surface area contributed by atoms with E-state index in [2.05, 4.69) is 154 Å². The Labute approximate surface area is 513 Å². The van der Waals surface area contributed by atoms with Crippen LogP contribution in [0.5, 0.6) is 0 Å². The normalized spacial score (nSPS) is 13.0. The Kier molecular flexibility index (Phi) is 66.3. The molecule has 0 fully saturated rings. The van der Waals surface area contributed by atoms with Gasteiger partial charge in [0.2, 0.25) is 0 Å². The molecule has 0 heterocycles. The minimum atomic E-state index is -0.791. The van der Waals surface area contributed by atoms with Crippen LogP contribution >= 0.6 is 0 Å². The van der Waals surface area contributed by atoms with E-state index < -0.39 is 6.10 Å². The van der Waals surface area contributed by atoms with Crippen molar-refractivity contribution in [2.75, 3.05) is 13.2 Å². The first-order valence-electron chi connectivity index (χ1n) is 34.7. The third-order valence-corrected chi connectivity index (χ3v) is 14.7. The van der Waals surface area contributed by atoms with E-state index in [1.54, 1.807) is 0 Å². The van der Waals surface area contributed by atoms with Crippen molar-refractivity contribution < 1.29 is 28.6 Å². The van der Waals surface area contributed by atoms with Gasteiger partial charge in [-0.1, -0.05) is 315 Å². The van der Waals surface area contributed by atoms with E-state index in [1.807, 2.05) is 0 Å². The first kappa shape index (κ1) is 78.5. The molecular formula is C77H128O6. The molecule has 6 heteroatoms. The van der Waals surface area contributed by atoms with Gasteiger partial charge in [0, 0.05) is 19.3 Å². The molecule has 0 aliphatic rings. The SMILES string of the molecule is CC/C=C\C/C=C\C/C=C\C/C=C\C/C=C\C/C=C\C/C=C\CCCCCCCC(=O)OC(COC(=O)CCCCCCCCCCC)COC(=O)CCCCCCCCCCCCCCCCCC/C=C\C/C=C\C/C=C\C/C=C\CC. The fraction of sp³-hybridized carbons (Fsp3) is 0.675. The molecule has 0 aromatic heterocycles. The number of esters is 3. The topological polar surface area (TPSA) is 78.9 Å². The summed E-state index contributed by atoms with van der Waals surface area (Å²) < 4.78 is 16.9. The second kappa shape index (κ2) is 70.0. The van der Waals surface area contributed by atoms with Gasteiger partial charge in [0.15, 0.2) is 6.10 Å². The van der Waals surface area contributed by atoms with Gasteiger partial charge < -0.3 is 14.2 Å². The lowest BCUT2D eigenvalue weighted by atomic mass is 10.0. The molecular weight excluding hydrogens is 1020 g/mol. The number of hydrogen-bond acceptors (Lipinski definition) is 6. The standard InChI is InChI=1S/C77H128O6/c1-4-7-10-13-16-19-21-23-25-27-29-31-33-35-37-38-40-41-43-45-47-49-51-53-55-58-61-64-67-70-76(79)82-73-74(72-81-75(78)69-66-63-60-57-18-15-12-9-6-3)83-77(80)71-68-65-62-59-56-54-52-50-48-46-44-42-39-36-34-32-30-28-26-24-22-20-17-14-11-8-5-2/h7-8,10-11,16-17,19-20,23-26,29-32,36,39,44,46,50,52,74H,4-6,9,12-15,18,21-22,27-28,33-35,37-38,40-43,45,47-49,51,53-73H2,1-3H3/b10-7-,11-8-,19-16-,20-17-,25-23-,26-24-,31-29-,32-30-,39-36-,46-44-,52-50-. The average Bonchev–Trinajstić information content (AvgIpc) is 3.49. The number of ether oxygens (including phenoxy) is 3. The maximum Gasteiger partial charge on any atom is 0.306 e. The molecule has 0 aromatic carbocycles. The molecule has 83 heavy (non-hydrogen) atoms. The monoisotopic (exact) mass is 1150 g/mol.